The Morgan fingerprint density at radius 1 is 1.45 bits per heavy atom. The van der Waals surface area contributed by atoms with Crippen LogP contribution in [0.15, 0.2) is 18.2 Å². The van der Waals surface area contributed by atoms with Crippen molar-refractivity contribution >= 4 is 11.6 Å². The summed E-state index contributed by atoms with van der Waals surface area (Å²) in [5.74, 6) is 0.661. The Kier molecular flexibility index (Phi) is 5.08. The van der Waals surface area contributed by atoms with E-state index in [1.54, 1.807) is 11.8 Å². The Morgan fingerprint density at radius 3 is 2.68 bits per heavy atom. The number of amides is 1. The smallest absolute Gasteiger partial charge is 0.229 e. The molecule has 0 fully saturated rings. The third kappa shape index (κ3) is 3.25. The van der Waals surface area contributed by atoms with Gasteiger partial charge < -0.3 is 20.5 Å². The molecule has 3 N–H and O–H groups in total. The van der Waals surface area contributed by atoms with Gasteiger partial charge in [0.2, 0.25) is 5.91 Å². The molecule has 5 nitrogen and oxygen atoms in total. The Hall–Kier alpha value is -1.59. The van der Waals surface area contributed by atoms with Crippen LogP contribution in [0.4, 0.5) is 5.69 Å². The lowest BCUT2D eigenvalue weighted by molar-refractivity contribution is -0.121. The summed E-state index contributed by atoms with van der Waals surface area (Å²) in [6.45, 7) is 8.11. The summed E-state index contributed by atoms with van der Waals surface area (Å²) in [5.41, 5.74) is 7.19. The van der Waals surface area contributed by atoms with E-state index in [0.717, 1.165) is 12.1 Å². The van der Waals surface area contributed by atoms with E-state index in [4.69, 9.17) is 10.5 Å². The molecule has 1 aliphatic heterocycles. The zero-order valence-corrected chi connectivity index (χ0v) is 13.7. The second-order valence-electron chi connectivity index (χ2n) is 6.28. The van der Waals surface area contributed by atoms with Crippen LogP contribution in [-0.2, 0) is 4.79 Å². The Morgan fingerprint density at radius 2 is 2.14 bits per heavy atom. The molecule has 1 heterocycles. The first-order chi connectivity index (χ1) is 10.3. The second-order valence-corrected chi connectivity index (χ2v) is 6.28. The summed E-state index contributed by atoms with van der Waals surface area (Å²) >= 11 is 0. The van der Waals surface area contributed by atoms with E-state index in [9.17, 15) is 9.90 Å². The van der Waals surface area contributed by atoms with Crippen LogP contribution in [0.25, 0.3) is 0 Å². The number of aliphatic hydroxyl groups is 1. The van der Waals surface area contributed by atoms with Gasteiger partial charge in [-0.2, -0.15) is 0 Å². The molecule has 0 aromatic heterocycles. The molecule has 0 saturated heterocycles. The van der Waals surface area contributed by atoms with Gasteiger partial charge in [-0.15, -0.1) is 0 Å². The van der Waals surface area contributed by atoms with Crippen molar-refractivity contribution in [2.75, 3.05) is 11.4 Å². The van der Waals surface area contributed by atoms with Crippen molar-refractivity contribution in [3.8, 4) is 5.75 Å². The fourth-order valence-electron chi connectivity index (χ4n) is 2.58. The monoisotopic (exact) mass is 306 g/mol. The van der Waals surface area contributed by atoms with Gasteiger partial charge in [0.25, 0.3) is 0 Å². The topological polar surface area (TPSA) is 75.8 Å². The van der Waals surface area contributed by atoms with E-state index in [2.05, 4.69) is 0 Å². The standard InChI is InChI=1S/C17H26N2O3/c1-5-13-9-19(17(21)10(2)3)14-8-12(16(20)11(4)18)6-7-15(14)22-13/h6-8,10-11,13,16,20H,5,9,18H2,1-4H3. The van der Waals surface area contributed by atoms with Crippen LogP contribution < -0.4 is 15.4 Å². The van der Waals surface area contributed by atoms with E-state index in [-0.39, 0.29) is 24.0 Å². The maximum Gasteiger partial charge on any atom is 0.229 e. The number of rotatable bonds is 4. The molecule has 0 bridgehead atoms. The van der Waals surface area contributed by atoms with E-state index in [0.29, 0.717) is 17.9 Å². The highest BCUT2D eigenvalue weighted by molar-refractivity contribution is 5.96. The fraction of sp³-hybridized carbons (Fsp3) is 0.588. The van der Waals surface area contributed by atoms with Gasteiger partial charge in [-0.25, -0.2) is 0 Å². The molecule has 0 spiro atoms. The normalized spacial score (nSPS) is 20.3. The zero-order chi connectivity index (χ0) is 16.4. The van der Waals surface area contributed by atoms with Gasteiger partial charge in [-0.1, -0.05) is 26.8 Å². The molecule has 1 aliphatic rings. The predicted molar refractivity (Wildman–Crippen MR) is 86.9 cm³/mol. The molecule has 1 amide bonds. The molecule has 1 aromatic carbocycles. The Labute approximate surface area is 132 Å². The number of carbonyl (C=O) groups is 1. The number of anilines is 1. The first-order valence-electron chi connectivity index (χ1n) is 7.90. The van der Waals surface area contributed by atoms with Crippen LogP contribution in [0.1, 0.15) is 45.8 Å². The number of benzene rings is 1. The van der Waals surface area contributed by atoms with Gasteiger partial charge in [0.05, 0.1) is 18.3 Å². The minimum absolute atomic E-state index is 0.000550. The van der Waals surface area contributed by atoms with E-state index >= 15 is 0 Å². The largest absolute Gasteiger partial charge is 0.486 e. The molecule has 0 aliphatic carbocycles. The average Bonchev–Trinajstić information content (AvgIpc) is 2.51. The van der Waals surface area contributed by atoms with Crippen LogP contribution in [-0.4, -0.2) is 29.7 Å². The summed E-state index contributed by atoms with van der Waals surface area (Å²) in [6, 6.07) is 5.07. The molecule has 1 aromatic rings. The second kappa shape index (κ2) is 6.67. The molecule has 0 radical (unpaired) electrons. The number of nitrogens with two attached hydrogens (primary N) is 1. The number of aliphatic hydroxyl groups excluding tert-OH is 1. The molecule has 3 atom stereocenters. The summed E-state index contributed by atoms with van der Waals surface area (Å²) in [7, 11) is 0. The number of hydrogen-bond acceptors (Lipinski definition) is 4. The maximum atomic E-state index is 12.5. The predicted octanol–water partition coefficient (Wildman–Crippen LogP) is 2.23. The Balaban J connectivity index is 2.43. The highest BCUT2D eigenvalue weighted by atomic mass is 16.5. The number of fused-ring (bicyclic) bond motifs is 1. The number of ether oxygens (including phenoxy) is 1. The third-order valence-corrected chi connectivity index (χ3v) is 4.01. The van der Waals surface area contributed by atoms with Crippen molar-refractivity contribution in [1.82, 2.24) is 0 Å². The first kappa shape index (κ1) is 16.8. The van der Waals surface area contributed by atoms with Crippen LogP contribution >= 0.6 is 0 Å². The van der Waals surface area contributed by atoms with Crippen molar-refractivity contribution in [1.29, 1.82) is 0 Å². The van der Waals surface area contributed by atoms with Gasteiger partial charge in [-0.05, 0) is 31.0 Å². The van der Waals surface area contributed by atoms with Gasteiger partial charge in [0, 0.05) is 12.0 Å². The van der Waals surface area contributed by atoms with Gasteiger partial charge in [-0.3, -0.25) is 4.79 Å². The van der Waals surface area contributed by atoms with Crippen molar-refractivity contribution < 1.29 is 14.6 Å². The van der Waals surface area contributed by atoms with Crippen molar-refractivity contribution in [2.45, 2.75) is 52.4 Å². The molecular formula is C17H26N2O3. The summed E-state index contributed by atoms with van der Waals surface area (Å²) in [4.78, 5) is 14.3. The van der Waals surface area contributed by atoms with Crippen molar-refractivity contribution in [3.63, 3.8) is 0 Å². The molecular weight excluding hydrogens is 280 g/mol. The maximum absolute atomic E-state index is 12.5. The minimum Gasteiger partial charge on any atom is -0.486 e. The zero-order valence-electron chi connectivity index (χ0n) is 13.7. The van der Waals surface area contributed by atoms with Crippen LogP contribution in [0.2, 0.25) is 0 Å². The SMILES string of the molecule is CCC1CN(C(=O)C(C)C)c2cc(C(O)C(C)N)ccc2O1. The average molecular weight is 306 g/mol. The number of nitrogens with zero attached hydrogens (tertiary/aromatic N) is 1. The van der Waals surface area contributed by atoms with Gasteiger partial charge in [0.1, 0.15) is 11.9 Å². The lowest BCUT2D eigenvalue weighted by Gasteiger charge is -2.36. The molecule has 3 unspecified atom stereocenters. The molecule has 0 saturated carbocycles. The number of hydrogen-bond donors (Lipinski definition) is 2. The lowest BCUT2D eigenvalue weighted by Crippen LogP contribution is -2.45. The van der Waals surface area contributed by atoms with Crippen molar-refractivity contribution in [3.05, 3.63) is 23.8 Å². The van der Waals surface area contributed by atoms with Crippen LogP contribution in [0, 0.1) is 5.92 Å². The highest BCUT2D eigenvalue weighted by Gasteiger charge is 2.31. The fourth-order valence-corrected chi connectivity index (χ4v) is 2.58. The molecule has 122 valence electrons. The first-order valence-corrected chi connectivity index (χ1v) is 7.90. The third-order valence-electron chi connectivity index (χ3n) is 4.01. The van der Waals surface area contributed by atoms with Crippen molar-refractivity contribution in [2.24, 2.45) is 11.7 Å². The van der Waals surface area contributed by atoms with E-state index < -0.39 is 6.10 Å². The summed E-state index contributed by atoms with van der Waals surface area (Å²) in [5, 5.41) is 10.2. The van der Waals surface area contributed by atoms with E-state index in [1.165, 1.54) is 0 Å². The lowest BCUT2D eigenvalue weighted by atomic mass is 10.0. The Bertz CT molecular complexity index is 543. The minimum atomic E-state index is -0.759. The highest BCUT2D eigenvalue weighted by Crippen LogP contribution is 2.37. The molecule has 2 rings (SSSR count). The number of carbonyl (C=O) groups excluding carboxylic acids is 1. The quantitative estimate of drug-likeness (QED) is 0.894. The van der Waals surface area contributed by atoms with Crippen LogP contribution in [0.5, 0.6) is 5.75 Å². The van der Waals surface area contributed by atoms with Crippen LogP contribution in [0.3, 0.4) is 0 Å². The van der Waals surface area contributed by atoms with E-state index in [1.807, 2.05) is 39.0 Å². The molecule has 22 heavy (non-hydrogen) atoms. The summed E-state index contributed by atoms with van der Waals surface area (Å²) in [6.07, 6.45) is 0.0792. The van der Waals surface area contributed by atoms with Gasteiger partial charge >= 0.3 is 0 Å². The van der Waals surface area contributed by atoms with Gasteiger partial charge in [0.15, 0.2) is 0 Å². The summed E-state index contributed by atoms with van der Waals surface area (Å²) < 4.78 is 5.93. The molecule has 5 heteroatoms.